The van der Waals surface area contributed by atoms with E-state index in [-0.39, 0.29) is 21.2 Å². The summed E-state index contributed by atoms with van der Waals surface area (Å²) < 4.78 is 258. The SMILES string of the molecule is Fc1c(F)c(F)c([B-](c2c(F)c(F)c(F)c(F)c2Cl)(c2c(F)c(F)c(F)c(F)c2Cl)c2c(F)c(F)c(F)c(F)c2Cl)c(Cl)c1F.c1ccc(OCCOCCOc2ccccc2[I+]c2ccccc2)cc1. The molecule has 7 aromatic rings. The molecule has 374 valence electrons. The lowest BCUT2D eigenvalue weighted by Crippen LogP contribution is -3.61. The van der Waals surface area contributed by atoms with E-state index in [0.29, 0.717) is 26.4 Å². The van der Waals surface area contributed by atoms with Crippen molar-refractivity contribution < 1.29 is 106 Å². The van der Waals surface area contributed by atoms with Gasteiger partial charge in [-0.15, -0.1) is 21.9 Å². The lowest BCUT2D eigenvalue weighted by atomic mass is 9.12. The topological polar surface area (TPSA) is 27.7 Å². The van der Waals surface area contributed by atoms with Crippen molar-refractivity contribution >= 4 is 74.4 Å². The summed E-state index contributed by atoms with van der Waals surface area (Å²) in [7, 11) is 0. The summed E-state index contributed by atoms with van der Waals surface area (Å²) in [5.74, 6) is -46.5. The molecule has 0 aliphatic heterocycles. The molecule has 7 rings (SSSR count). The fourth-order valence-electron chi connectivity index (χ4n) is 7.16. The van der Waals surface area contributed by atoms with Crippen LogP contribution in [0, 0.1) is 100 Å². The predicted octanol–water partition coefficient (Wildman–Crippen LogP) is 9.19. The Morgan fingerprint density at radius 2 is 0.648 bits per heavy atom. The van der Waals surface area contributed by atoms with Crippen LogP contribution < -0.4 is 52.5 Å². The van der Waals surface area contributed by atoms with E-state index in [1.54, 1.807) is 0 Å². The zero-order chi connectivity index (χ0) is 52.2. The zero-order valence-corrected chi connectivity index (χ0v) is 39.8. The molecule has 0 amide bonds. The van der Waals surface area contributed by atoms with Gasteiger partial charge in [-0.2, -0.15) is 0 Å². The highest BCUT2D eigenvalue weighted by molar-refractivity contribution is 7.22. The van der Waals surface area contributed by atoms with Crippen molar-refractivity contribution in [2.75, 3.05) is 26.4 Å². The van der Waals surface area contributed by atoms with Crippen LogP contribution in [-0.4, -0.2) is 32.6 Å². The summed E-state index contributed by atoms with van der Waals surface area (Å²) in [6.45, 7) is 2.19. The minimum absolute atomic E-state index is 0.237. The van der Waals surface area contributed by atoms with Crippen LogP contribution in [0.25, 0.3) is 0 Å². The Morgan fingerprint density at radius 3 is 1.03 bits per heavy atom. The van der Waals surface area contributed by atoms with Gasteiger partial charge >= 0.3 is 21.2 Å². The number of rotatable bonds is 14. The van der Waals surface area contributed by atoms with E-state index >= 15 is 17.6 Å². The van der Waals surface area contributed by atoms with Gasteiger partial charge in [0.05, 0.1) is 13.2 Å². The maximum absolute atomic E-state index is 15.8. The normalized spacial score (nSPS) is 11.4. The quantitative estimate of drug-likeness (QED) is 0.0272. The van der Waals surface area contributed by atoms with Crippen LogP contribution in [0.15, 0.2) is 84.9 Å². The van der Waals surface area contributed by atoms with Crippen molar-refractivity contribution in [3.63, 3.8) is 0 Å². The van der Waals surface area contributed by atoms with Gasteiger partial charge in [0.1, 0.15) is 48.4 Å². The van der Waals surface area contributed by atoms with Crippen LogP contribution in [0.2, 0.25) is 20.1 Å². The number of halogens is 21. The van der Waals surface area contributed by atoms with E-state index in [1.165, 1.54) is 7.14 Å². The molecule has 0 saturated heterocycles. The Bertz CT molecular complexity index is 2750. The van der Waals surface area contributed by atoms with Crippen molar-refractivity contribution in [3.8, 4) is 11.5 Å². The number of hydrogen-bond donors (Lipinski definition) is 0. The first-order valence-electron chi connectivity index (χ1n) is 19.5. The first kappa shape index (κ1) is 55.3. The monoisotopic (exact) mass is 1200 g/mol. The van der Waals surface area contributed by atoms with Crippen molar-refractivity contribution in [2.24, 2.45) is 0 Å². The van der Waals surface area contributed by atoms with Crippen molar-refractivity contribution in [3.05, 3.63) is 205 Å². The molecule has 0 bridgehead atoms. The molecule has 3 nitrogen and oxygen atoms in total. The second kappa shape index (κ2) is 23.2. The van der Waals surface area contributed by atoms with Gasteiger partial charge in [-0.3, -0.25) is 0 Å². The van der Waals surface area contributed by atoms with Crippen molar-refractivity contribution in [1.82, 2.24) is 0 Å². The fraction of sp³-hybridized carbons (Fsp3) is 0.0870. The Kier molecular flexibility index (Phi) is 18.1. The second-order valence-electron chi connectivity index (χ2n) is 14.2. The average Bonchev–Trinajstić information content (AvgIpc) is 3.37. The largest absolute Gasteiger partial charge is 0.491 e. The van der Waals surface area contributed by atoms with E-state index in [0.717, 1.165) is 11.5 Å². The molecule has 0 aliphatic rings. The number of ether oxygens (including phenoxy) is 3. The maximum atomic E-state index is 15.8. The molecular weight excluding hydrogens is 1180 g/mol. The van der Waals surface area contributed by atoms with Gasteiger partial charge in [-0.1, -0.05) is 94.9 Å². The molecule has 0 saturated carbocycles. The molecule has 25 heteroatoms. The molecule has 0 spiro atoms. The first-order valence-corrected chi connectivity index (χ1v) is 23.2. The molecule has 0 aromatic heterocycles. The average molecular weight is 1210 g/mol. The maximum Gasteiger partial charge on any atom is 0.362 e. The Labute approximate surface area is 420 Å². The summed E-state index contributed by atoms with van der Waals surface area (Å²) in [5.41, 5.74) is -10.7. The zero-order valence-electron chi connectivity index (χ0n) is 34.7. The molecule has 7 aromatic carbocycles. The summed E-state index contributed by atoms with van der Waals surface area (Å²) in [5, 5.41) is -9.69. The van der Waals surface area contributed by atoms with E-state index < -0.39 is 141 Å². The minimum atomic E-state index is -6.24. The van der Waals surface area contributed by atoms with Gasteiger partial charge in [0.25, 0.3) is 0 Å². The molecule has 71 heavy (non-hydrogen) atoms. The second-order valence-corrected chi connectivity index (χ2v) is 18.7. The molecule has 0 heterocycles. The highest BCUT2D eigenvalue weighted by Crippen LogP contribution is 2.36. The van der Waals surface area contributed by atoms with Crippen molar-refractivity contribution in [2.45, 2.75) is 0 Å². The van der Waals surface area contributed by atoms with Gasteiger partial charge in [0.2, 0.25) is 3.57 Å². The standard InChI is InChI=1S/C24BCl4F16.C22H22IO3/c26-5-1(9(30)17(38)21(42)13(5)34)25(2-6(27)14(35)22(43)18(39)10(2)31,3-7(28)15(36)23(44)19(40)11(3)32)4-8(29)16(37)24(45)20(41)12(4)33;1-3-9-19(10-4-1)23-21-13-7-8-14-22(21)26-18-16-24-15-17-25-20-11-5-2-6-12-20/h;1-14H,15-18H2/q-1;+1. The van der Waals surface area contributed by atoms with Gasteiger partial charge in [0, 0.05) is 20.1 Å². The Hall–Kier alpha value is -5.07. The lowest BCUT2D eigenvalue weighted by molar-refractivity contribution is -0.598. The van der Waals surface area contributed by atoms with Crippen molar-refractivity contribution in [1.29, 1.82) is 0 Å². The summed E-state index contributed by atoms with van der Waals surface area (Å²) in [6.07, 6.45) is -6.24. The summed E-state index contributed by atoms with van der Waals surface area (Å²) in [4.78, 5) is 0. The van der Waals surface area contributed by atoms with E-state index in [4.69, 9.17) is 60.6 Å². The van der Waals surface area contributed by atoms with Crippen LogP contribution in [0.1, 0.15) is 0 Å². The van der Waals surface area contributed by atoms with Crippen LogP contribution in [0.5, 0.6) is 11.5 Å². The molecule has 0 radical (unpaired) electrons. The third-order valence-electron chi connectivity index (χ3n) is 10.2. The molecule has 0 unspecified atom stereocenters. The van der Waals surface area contributed by atoms with Crippen LogP contribution >= 0.6 is 46.4 Å². The first-order chi connectivity index (χ1) is 33.6. The molecular formula is C46H22BCl4F16IO3. The fourth-order valence-corrected chi connectivity index (χ4v) is 10.9. The van der Waals surface area contributed by atoms with E-state index in [9.17, 15) is 52.7 Å². The third kappa shape index (κ3) is 10.6. The number of hydrogen-bond acceptors (Lipinski definition) is 3. The summed E-state index contributed by atoms with van der Waals surface area (Å²) >= 11 is 22.0. The lowest BCUT2D eigenvalue weighted by Gasteiger charge is -2.46. The van der Waals surface area contributed by atoms with E-state index in [1.807, 2.05) is 42.5 Å². The third-order valence-corrected chi connectivity index (χ3v) is 14.5. The Morgan fingerprint density at radius 1 is 0.338 bits per heavy atom. The van der Waals surface area contributed by atoms with Gasteiger partial charge < -0.3 is 14.2 Å². The molecule has 0 atom stereocenters. The van der Waals surface area contributed by atoms with E-state index in [2.05, 4.69) is 42.5 Å². The highest BCUT2D eigenvalue weighted by atomic mass is 127. The highest BCUT2D eigenvalue weighted by Gasteiger charge is 2.51. The molecule has 0 N–H and O–H groups in total. The molecule has 0 aliphatic carbocycles. The van der Waals surface area contributed by atoms with Gasteiger partial charge in [-0.25, -0.2) is 70.2 Å². The van der Waals surface area contributed by atoms with Crippen LogP contribution in [-0.2, 0) is 4.74 Å². The van der Waals surface area contributed by atoms with Crippen LogP contribution in [0.4, 0.5) is 70.2 Å². The van der Waals surface area contributed by atoms with Crippen LogP contribution in [0.3, 0.4) is 0 Å². The number of para-hydroxylation sites is 2. The molecule has 0 fully saturated rings. The summed E-state index contributed by atoms with van der Waals surface area (Å²) in [6, 6.07) is 28.6. The smallest absolute Gasteiger partial charge is 0.362 e. The van der Waals surface area contributed by atoms with Gasteiger partial charge in [0.15, 0.2) is 79.1 Å². The Balaban J connectivity index is 0.000000268. The van der Waals surface area contributed by atoms with Gasteiger partial charge in [-0.05, 0) is 36.4 Å². The number of benzene rings is 7. The predicted molar refractivity (Wildman–Crippen MR) is 228 cm³/mol. The minimum Gasteiger partial charge on any atom is -0.491 e.